The maximum atomic E-state index is 14.1. The molecule has 52 heavy (non-hydrogen) atoms. The van der Waals surface area contributed by atoms with Gasteiger partial charge in [0.15, 0.2) is 0 Å². The number of amides is 6. The predicted octanol–water partition coefficient (Wildman–Crippen LogP) is 3.10. The predicted molar refractivity (Wildman–Crippen MR) is 197 cm³/mol. The van der Waals surface area contributed by atoms with Gasteiger partial charge < -0.3 is 35.8 Å². The van der Waals surface area contributed by atoms with Gasteiger partial charge >= 0.3 is 6.09 Å². The van der Waals surface area contributed by atoms with E-state index >= 15 is 0 Å². The van der Waals surface area contributed by atoms with Crippen molar-refractivity contribution in [3.63, 3.8) is 0 Å². The van der Waals surface area contributed by atoms with E-state index in [9.17, 15) is 33.6 Å². The summed E-state index contributed by atoms with van der Waals surface area (Å²) in [5.74, 6) is -4.42. The minimum absolute atomic E-state index is 0.0115. The van der Waals surface area contributed by atoms with Gasteiger partial charge in [-0.2, -0.15) is 0 Å². The summed E-state index contributed by atoms with van der Waals surface area (Å²) < 4.78 is 5.42. The molecule has 1 aliphatic rings. The van der Waals surface area contributed by atoms with Crippen molar-refractivity contribution in [2.75, 3.05) is 20.6 Å². The second-order valence-electron chi connectivity index (χ2n) is 16.1. The first-order valence-corrected chi connectivity index (χ1v) is 18.0. The number of hydrogen-bond donors (Lipinski definition) is 4. The number of ether oxygens (including phenoxy) is 1. The molecule has 0 saturated carbocycles. The van der Waals surface area contributed by atoms with Crippen molar-refractivity contribution in [2.45, 2.75) is 124 Å². The van der Waals surface area contributed by atoms with Crippen molar-refractivity contribution in [1.82, 2.24) is 31.1 Å². The molecule has 4 N–H and O–H groups in total. The molecule has 6 atom stereocenters. The first-order chi connectivity index (χ1) is 24.0. The van der Waals surface area contributed by atoms with E-state index in [0.717, 1.165) is 0 Å². The second kappa shape index (κ2) is 18.3. The molecular weight excluding hydrogens is 668 g/mol. The minimum Gasteiger partial charge on any atom is -0.444 e. The zero-order valence-electron chi connectivity index (χ0n) is 32.9. The van der Waals surface area contributed by atoms with Crippen LogP contribution in [0.15, 0.2) is 30.3 Å². The Hall–Kier alpha value is -4.49. The average molecular weight is 729 g/mol. The highest BCUT2D eigenvalue weighted by molar-refractivity contribution is 6.38. The molecule has 2 rings (SSSR count). The van der Waals surface area contributed by atoms with E-state index in [1.165, 1.54) is 16.7 Å². The van der Waals surface area contributed by atoms with E-state index in [2.05, 4.69) is 21.3 Å². The highest BCUT2D eigenvalue weighted by Gasteiger charge is 2.48. The lowest BCUT2D eigenvalue weighted by atomic mass is 9.84. The fraction of sp³-hybridized carbons (Fsp3) is 0.658. The van der Waals surface area contributed by atoms with Crippen LogP contribution in [0, 0.1) is 17.3 Å². The molecule has 3 unspecified atom stereocenters. The molecule has 14 heteroatoms. The van der Waals surface area contributed by atoms with E-state index in [1.54, 1.807) is 92.9 Å². The molecule has 1 aromatic rings. The standard InChI is InChI=1S/C38H60N6O8/c1-13-17-26(29(45)33(48)39-23(4)31(46)41-27(34(49)43(11)12)24-18-15-14-16-19-24)40-32(47)28-25(22(2)3)20-21-44(28)35(50)30(37(5,6)7)42-36(51)52-38(8,9)10/h14-16,18-19,22-23,25-28,30H,13,17,20-21H2,1-12H3,(H,39,48)(H,40,47)(H,41,46)(H,42,51)/t23-,25+,26?,27?,28?,30+/m0/s1. The smallest absolute Gasteiger partial charge is 0.408 e. The SMILES string of the molecule is CCCC(NC(=O)C1[C@@H](C(C)C)CCN1C(=O)[C@@H](NC(=O)OC(C)(C)C)C(C)(C)C)C(=O)C(=O)N[C@@H](C)C(=O)NC(C(=O)N(C)C)c1ccccc1. The summed E-state index contributed by atoms with van der Waals surface area (Å²) in [5, 5.41) is 10.5. The van der Waals surface area contributed by atoms with Gasteiger partial charge in [0.25, 0.3) is 5.91 Å². The van der Waals surface area contributed by atoms with Gasteiger partial charge in [-0.25, -0.2) is 4.79 Å². The average Bonchev–Trinajstić information content (AvgIpc) is 3.50. The third-order valence-corrected chi connectivity index (χ3v) is 8.91. The Balaban J connectivity index is 2.27. The Kier molecular flexibility index (Phi) is 15.4. The van der Waals surface area contributed by atoms with E-state index in [1.807, 2.05) is 13.8 Å². The van der Waals surface area contributed by atoms with Gasteiger partial charge in [-0.1, -0.05) is 78.3 Å². The Bertz CT molecular complexity index is 1450. The van der Waals surface area contributed by atoms with Gasteiger partial charge in [0.1, 0.15) is 29.8 Å². The topological polar surface area (TPSA) is 183 Å². The molecule has 0 aromatic heterocycles. The molecule has 0 aliphatic carbocycles. The van der Waals surface area contributed by atoms with E-state index < -0.39 is 76.7 Å². The molecule has 0 spiro atoms. The van der Waals surface area contributed by atoms with Gasteiger partial charge in [-0.15, -0.1) is 0 Å². The van der Waals surface area contributed by atoms with Gasteiger partial charge in [0.05, 0.1) is 6.04 Å². The van der Waals surface area contributed by atoms with Crippen molar-refractivity contribution in [3.8, 4) is 0 Å². The molecule has 14 nitrogen and oxygen atoms in total. The van der Waals surface area contributed by atoms with Gasteiger partial charge in [-0.05, 0) is 63.4 Å². The van der Waals surface area contributed by atoms with E-state index in [-0.39, 0.29) is 30.7 Å². The second-order valence-corrected chi connectivity index (χ2v) is 16.1. The Labute approximate surface area is 308 Å². The molecule has 1 fully saturated rings. The number of nitrogens with zero attached hydrogens (tertiary/aromatic N) is 2. The molecule has 6 amide bonds. The quantitative estimate of drug-likeness (QED) is 0.211. The normalized spacial score (nSPS) is 18.4. The van der Waals surface area contributed by atoms with Crippen LogP contribution < -0.4 is 21.3 Å². The number of ketones is 1. The van der Waals surface area contributed by atoms with E-state index in [4.69, 9.17) is 4.74 Å². The number of alkyl carbamates (subject to hydrolysis) is 1. The molecule has 1 aromatic carbocycles. The molecule has 1 heterocycles. The highest BCUT2D eigenvalue weighted by Crippen LogP contribution is 2.33. The lowest BCUT2D eigenvalue weighted by molar-refractivity contribution is -0.145. The number of nitrogens with one attached hydrogen (secondary N) is 4. The van der Waals surface area contributed by atoms with Crippen LogP contribution in [0.5, 0.6) is 0 Å². The third kappa shape index (κ3) is 12.0. The van der Waals surface area contributed by atoms with Crippen molar-refractivity contribution < 1.29 is 38.3 Å². The lowest BCUT2D eigenvalue weighted by Gasteiger charge is -2.37. The molecule has 1 saturated heterocycles. The number of likely N-dealkylation sites (N-methyl/N-ethyl adjacent to an activating group) is 1. The fourth-order valence-electron chi connectivity index (χ4n) is 6.10. The zero-order chi connectivity index (χ0) is 39.7. The van der Waals surface area contributed by atoms with Gasteiger partial charge in [0.2, 0.25) is 29.4 Å². The van der Waals surface area contributed by atoms with Crippen LogP contribution in [0.4, 0.5) is 4.79 Å². The van der Waals surface area contributed by atoms with Crippen LogP contribution in [-0.2, 0) is 33.5 Å². The third-order valence-electron chi connectivity index (χ3n) is 8.91. The first kappa shape index (κ1) is 43.7. The van der Waals surface area contributed by atoms with Crippen LogP contribution in [-0.4, -0.2) is 102 Å². The molecular formula is C38H60N6O8. The van der Waals surface area contributed by atoms with Crippen molar-refractivity contribution in [3.05, 3.63) is 35.9 Å². The maximum Gasteiger partial charge on any atom is 0.408 e. The summed E-state index contributed by atoms with van der Waals surface area (Å²) in [7, 11) is 3.12. The summed E-state index contributed by atoms with van der Waals surface area (Å²) in [4.78, 5) is 96.6. The Morgan fingerprint density at radius 1 is 0.885 bits per heavy atom. The minimum atomic E-state index is -1.23. The van der Waals surface area contributed by atoms with Crippen molar-refractivity contribution >= 4 is 41.4 Å². The zero-order valence-corrected chi connectivity index (χ0v) is 32.9. The van der Waals surface area contributed by atoms with E-state index in [0.29, 0.717) is 18.4 Å². The van der Waals surface area contributed by atoms with Crippen molar-refractivity contribution in [1.29, 1.82) is 0 Å². The number of Topliss-reactive ketones (excluding diaryl/α,β-unsaturated/α-hetero) is 1. The first-order valence-electron chi connectivity index (χ1n) is 18.0. The Morgan fingerprint density at radius 2 is 1.48 bits per heavy atom. The van der Waals surface area contributed by atoms with Crippen LogP contribution in [0.25, 0.3) is 0 Å². The molecule has 0 radical (unpaired) electrons. The van der Waals surface area contributed by atoms with Crippen LogP contribution in [0.2, 0.25) is 0 Å². The van der Waals surface area contributed by atoms with Gasteiger partial charge in [0, 0.05) is 20.6 Å². The number of carbonyl (C=O) groups excluding carboxylic acids is 7. The molecule has 0 bridgehead atoms. The number of likely N-dealkylation sites (tertiary alicyclic amines) is 1. The van der Waals surface area contributed by atoms with Gasteiger partial charge in [-0.3, -0.25) is 28.8 Å². The van der Waals surface area contributed by atoms with Crippen LogP contribution in [0.3, 0.4) is 0 Å². The summed E-state index contributed by atoms with van der Waals surface area (Å²) in [6, 6.07) is 3.19. The molecule has 1 aliphatic heterocycles. The number of carbonyl (C=O) groups is 7. The summed E-state index contributed by atoms with van der Waals surface area (Å²) in [6.45, 7) is 17.9. The fourth-order valence-corrected chi connectivity index (χ4v) is 6.10. The highest BCUT2D eigenvalue weighted by atomic mass is 16.6. The Morgan fingerprint density at radius 3 is 1.98 bits per heavy atom. The summed E-state index contributed by atoms with van der Waals surface area (Å²) in [5.41, 5.74) is -0.990. The lowest BCUT2D eigenvalue weighted by Crippen LogP contribution is -2.60. The number of hydrogen-bond acceptors (Lipinski definition) is 8. The van der Waals surface area contributed by atoms with Crippen molar-refractivity contribution in [2.24, 2.45) is 17.3 Å². The molecule has 290 valence electrons. The number of benzene rings is 1. The monoisotopic (exact) mass is 728 g/mol. The largest absolute Gasteiger partial charge is 0.444 e. The summed E-state index contributed by atoms with van der Waals surface area (Å²) in [6.07, 6.45) is 0.330. The van der Waals surface area contributed by atoms with Crippen LogP contribution in [0.1, 0.15) is 100 Å². The van der Waals surface area contributed by atoms with Crippen LogP contribution >= 0.6 is 0 Å². The maximum absolute atomic E-state index is 14.1. The number of rotatable bonds is 14. The summed E-state index contributed by atoms with van der Waals surface area (Å²) >= 11 is 0.